The summed E-state index contributed by atoms with van der Waals surface area (Å²) < 4.78 is 5.08. The van der Waals surface area contributed by atoms with E-state index in [0.29, 0.717) is 13.0 Å². The molecule has 102 valence electrons. The number of primary amides is 1. The lowest BCUT2D eigenvalue weighted by Gasteiger charge is -2.16. The van der Waals surface area contributed by atoms with Gasteiger partial charge in [0.05, 0.1) is 18.6 Å². The number of nitrogens with one attached hydrogen (secondary N) is 2. The van der Waals surface area contributed by atoms with Crippen LogP contribution in [-0.4, -0.2) is 54.7 Å². The molecule has 8 heteroatoms. The number of hydrogen-bond acceptors (Lipinski definition) is 5. The molecule has 1 saturated heterocycles. The Morgan fingerprint density at radius 1 is 1.56 bits per heavy atom. The van der Waals surface area contributed by atoms with Gasteiger partial charge in [0.1, 0.15) is 6.04 Å². The maximum atomic E-state index is 11.8. The minimum atomic E-state index is -1.29. The Morgan fingerprint density at radius 3 is 2.67 bits per heavy atom. The second-order valence-electron chi connectivity index (χ2n) is 4.12. The number of carboxylic acids is 1. The highest BCUT2D eigenvalue weighted by Gasteiger charge is 2.32. The molecule has 3 atom stereocenters. The van der Waals surface area contributed by atoms with Crippen LogP contribution in [-0.2, 0) is 19.1 Å². The fourth-order valence-corrected chi connectivity index (χ4v) is 1.76. The molecule has 1 rings (SSSR count). The van der Waals surface area contributed by atoms with E-state index in [9.17, 15) is 14.4 Å². The Hall–Kier alpha value is -1.67. The number of amides is 2. The van der Waals surface area contributed by atoms with Gasteiger partial charge >= 0.3 is 5.97 Å². The molecule has 0 aromatic heterocycles. The Balaban J connectivity index is 2.51. The summed E-state index contributed by atoms with van der Waals surface area (Å²) in [7, 11) is 1.54. The predicted octanol–water partition coefficient (Wildman–Crippen LogP) is -2.19. The third-order valence-electron chi connectivity index (χ3n) is 2.76. The van der Waals surface area contributed by atoms with E-state index >= 15 is 0 Å². The average Bonchev–Trinajstić information content (AvgIpc) is 2.75. The minimum absolute atomic E-state index is 0.0693. The standard InChI is InChI=1S/C10H17N3O5/c1-18-5-2-6(12-4-5)9(15)13-7(10(16)17)3-8(11)14/h5-7,12H,2-4H2,1H3,(H2,11,14)(H,13,15)(H,16,17)/t5?,6?,7-/m1/s1. The van der Waals surface area contributed by atoms with Crippen molar-refractivity contribution in [1.82, 2.24) is 10.6 Å². The monoisotopic (exact) mass is 259 g/mol. The van der Waals surface area contributed by atoms with Crippen LogP contribution < -0.4 is 16.4 Å². The number of ether oxygens (including phenoxy) is 1. The average molecular weight is 259 g/mol. The number of nitrogens with two attached hydrogens (primary N) is 1. The molecular formula is C10H17N3O5. The number of carboxylic acid groups (broad SMARTS) is 1. The summed E-state index contributed by atoms with van der Waals surface area (Å²) in [4.78, 5) is 33.3. The van der Waals surface area contributed by atoms with Gasteiger partial charge in [-0.25, -0.2) is 4.79 Å². The van der Waals surface area contributed by atoms with Gasteiger partial charge in [0.25, 0.3) is 0 Å². The van der Waals surface area contributed by atoms with Gasteiger partial charge in [0, 0.05) is 13.7 Å². The van der Waals surface area contributed by atoms with E-state index < -0.39 is 36.3 Å². The molecule has 0 aliphatic carbocycles. The van der Waals surface area contributed by atoms with Crippen LogP contribution in [0.5, 0.6) is 0 Å². The number of aliphatic carboxylic acids is 1. The minimum Gasteiger partial charge on any atom is -0.480 e. The lowest BCUT2D eigenvalue weighted by atomic mass is 10.1. The third-order valence-corrected chi connectivity index (χ3v) is 2.76. The normalized spacial score (nSPS) is 24.5. The van der Waals surface area contributed by atoms with E-state index in [-0.39, 0.29) is 6.10 Å². The van der Waals surface area contributed by atoms with Crippen molar-refractivity contribution in [2.24, 2.45) is 5.73 Å². The van der Waals surface area contributed by atoms with Gasteiger partial charge in [0.2, 0.25) is 11.8 Å². The summed E-state index contributed by atoms with van der Waals surface area (Å²) in [5.41, 5.74) is 4.91. The summed E-state index contributed by atoms with van der Waals surface area (Å²) in [5, 5.41) is 14.0. The quantitative estimate of drug-likeness (QED) is 0.428. The van der Waals surface area contributed by atoms with Gasteiger partial charge in [-0.1, -0.05) is 0 Å². The van der Waals surface area contributed by atoms with Crippen molar-refractivity contribution in [1.29, 1.82) is 0 Å². The third kappa shape index (κ3) is 3.97. The van der Waals surface area contributed by atoms with Crippen LogP contribution >= 0.6 is 0 Å². The fraction of sp³-hybridized carbons (Fsp3) is 0.700. The molecule has 0 aromatic rings. The number of carbonyl (C=O) groups is 3. The summed E-state index contributed by atoms with van der Waals surface area (Å²) in [6.07, 6.45) is -0.0348. The van der Waals surface area contributed by atoms with Crippen molar-refractivity contribution in [3.63, 3.8) is 0 Å². The van der Waals surface area contributed by atoms with Crippen LogP contribution in [0.25, 0.3) is 0 Å². The highest BCUT2D eigenvalue weighted by atomic mass is 16.5. The molecule has 0 saturated carbocycles. The predicted molar refractivity (Wildman–Crippen MR) is 60.6 cm³/mol. The Morgan fingerprint density at radius 2 is 2.22 bits per heavy atom. The highest BCUT2D eigenvalue weighted by Crippen LogP contribution is 2.09. The van der Waals surface area contributed by atoms with Crippen molar-refractivity contribution < 1.29 is 24.2 Å². The Bertz CT molecular complexity index is 346. The zero-order chi connectivity index (χ0) is 13.7. The first-order chi connectivity index (χ1) is 8.43. The number of methoxy groups -OCH3 is 1. The maximum absolute atomic E-state index is 11.8. The molecular weight excluding hydrogens is 242 g/mol. The summed E-state index contributed by atoms with van der Waals surface area (Å²) in [6.45, 7) is 0.530. The zero-order valence-corrected chi connectivity index (χ0v) is 10.0. The fourth-order valence-electron chi connectivity index (χ4n) is 1.76. The topological polar surface area (TPSA) is 131 Å². The van der Waals surface area contributed by atoms with Gasteiger partial charge in [0.15, 0.2) is 0 Å². The zero-order valence-electron chi connectivity index (χ0n) is 10.0. The van der Waals surface area contributed by atoms with Crippen LogP contribution in [0.1, 0.15) is 12.8 Å². The Labute approximate surface area is 104 Å². The molecule has 0 aromatic carbocycles. The molecule has 2 amide bonds. The maximum Gasteiger partial charge on any atom is 0.326 e. The van der Waals surface area contributed by atoms with Gasteiger partial charge in [-0.3, -0.25) is 9.59 Å². The van der Waals surface area contributed by atoms with Crippen molar-refractivity contribution in [2.75, 3.05) is 13.7 Å². The van der Waals surface area contributed by atoms with E-state index in [2.05, 4.69) is 10.6 Å². The van der Waals surface area contributed by atoms with E-state index in [1.165, 1.54) is 0 Å². The van der Waals surface area contributed by atoms with Crippen molar-refractivity contribution >= 4 is 17.8 Å². The van der Waals surface area contributed by atoms with Gasteiger partial charge < -0.3 is 26.2 Å². The second-order valence-corrected chi connectivity index (χ2v) is 4.12. The molecule has 0 spiro atoms. The number of rotatable bonds is 6. The van der Waals surface area contributed by atoms with Crippen LogP contribution in [0.15, 0.2) is 0 Å². The molecule has 1 heterocycles. The van der Waals surface area contributed by atoms with Crippen molar-refractivity contribution in [2.45, 2.75) is 31.0 Å². The largest absolute Gasteiger partial charge is 0.480 e. The van der Waals surface area contributed by atoms with Crippen LogP contribution in [0.2, 0.25) is 0 Å². The molecule has 2 unspecified atom stereocenters. The van der Waals surface area contributed by atoms with E-state index in [4.69, 9.17) is 15.6 Å². The molecule has 1 aliphatic rings. The smallest absolute Gasteiger partial charge is 0.326 e. The van der Waals surface area contributed by atoms with Gasteiger partial charge in [-0.2, -0.15) is 0 Å². The van der Waals surface area contributed by atoms with Crippen LogP contribution in [0, 0.1) is 0 Å². The van der Waals surface area contributed by atoms with Crippen molar-refractivity contribution in [3.8, 4) is 0 Å². The lowest BCUT2D eigenvalue weighted by molar-refractivity contribution is -0.143. The first-order valence-corrected chi connectivity index (χ1v) is 5.51. The first kappa shape index (κ1) is 14.4. The molecule has 0 radical (unpaired) electrons. The molecule has 5 N–H and O–H groups in total. The first-order valence-electron chi connectivity index (χ1n) is 5.51. The molecule has 8 nitrogen and oxygen atoms in total. The molecule has 0 bridgehead atoms. The van der Waals surface area contributed by atoms with Crippen molar-refractivity contribution in [3.05, 3.63) is 0 Å². The summed E-state index contributed by atoms with van der Waals surface area (Å²) in [5.74, 6) is -2.54. The SMILES string of the molecule is COC1CNC(C(=O)N[C@H](CC(N)=O)C(=O)O)C1. The molecule has 1 aliphatic heterocycles. The summed E-state index contributed by atoms with van der Waals surface area (Å²) in [6, 6.07) is -1.80. The molecule has 18 heavy (non-hydrogen) atoms. The second kappa shape index (κ2) is 6.31. The van der Waals surface area contributed by atoms with E-state index in [0.717, 1.165) is 0 Å². The lowest BCUT2D eigenvalue weighted by Crippen LogP contribution is -2.49. The highest BCUT2D eigenvalue weighted by molar-refractivity contribution is 5.90. The molecule has 1 fully saturated rings. The number of carbonyl (C=O) groups excluding carboxylic acids is 2. The van der Waals surface area contributed by atoms with Gasteiger partial charge in [-0.15, -0.1) is 0 Å². The number of hydrogen-bond donors (Lipinski definition) is 4. The van der Waals surface area contributed by atoms with E-state index in [1.807, 2.05) is 0 Å². The van der Waals surface area contributed by atoms with Crippen LogP contribution in [0.4, 0.5) is 0 Å². The summed E-state index contributed by atoms with van der Waals surface area (Å²) >= 11 is 0. The van der Waals surface area contributed by atoms with Crippen LogP contribution in [0.3, 0.4) is 0 Å². The Kier molecular flexibility index (Phi) is 5.05. The van der Waals surface area contributed by atoms with Gasteiger partial charge in [-0.05, 0) is 6.42 Å². The van der Waals surface area contributed by atoms with E-state index in [1.54, 1.807) is 7.11 Å².